The molecule has 0 aliphatic carbocycles. The monoisotopic (exact) mass is 410 g/mol. The molecule has 1 aliphatic rings. The third-order valence-corrected chi connectivity index (χ3v) is 7.58. The van der Waals surface area contributed by atoms with Crippen molar-refractivity contribution in [2.45, 2.75) is 43.9 Å². The molecule has 0 unspecified atom stereocenters. The van der Waals surface area contributed by atoms with E-state index < -0.39 is 10.0 Å². The van der Waals surface area contributed by atoms with Gasteiger partial charge in [0.2, 0.25) is 10.0 Å². The van der Waals surface area contributed by atoms with Gasteiger partial charge in [0.25, 0.3) is 5.91 Å². The molecule has 0 aromatic carbocycles. The minimum Gasteiger partial charge on any atom is -0.351 e. The van der Waals surface area contributed by atoms with Gasteiger partial charge in [-0.2, -0.15) is 4.31 Å². The third-order valence-electron chi connectivity index (χ3n) is 4.68. The molecule has 7 nitrogen and oxygen atoms in total. The molecule has 3 rings (SSSR count). The van der Waals surface area contributed by atoms with Crippen LogP contribution in [0.2, 0.25) is 0 Å². The molecule has 1 aliphatic heterocycles. The zero-order valence-corrected chi connectivity index (χ0v) is 17.4. The van der Waals surface area contributed by atoms with Crippen molar-refractivity contribution in [1.29, 1.82) is 0 Å². The quantitative estimate of drug-likeness (QED) is 0.677. The fourth-order valence-corrected chi connectivity index (χ4v) is 5.60. The van der Waals surface area contributed by atoms with Crippen LogP contribution in [-0.2, 0) is 23.5 Å². The van der Waals surface area contributed by atoms with Gasteiger partial charge in [0.05, 0.1) is 5.01 Å². The van der Waals surface area contributed by atoms with Crippen molar-refractivity contribution < 1.29 is 13.2 Å². The summed E-state index contributed by atoms with van der Waals surface area (Å²) in [5, 5.41) is 6.05. The number of hydrogen-bond acceptors (Lipinski definition) is 5. The Morgan fingerprint density at radius 1 is 1.30 bits per heavy atom. The number of aryl methyl sites for hydroxylation is 3. The van der Waals surface area contributed by atoms with Gasteiger partial charge in [-0.15, -0.1) is 11.3 Å². The van der Waals surface area contributed by atoms with E-state index in [-0.39, 0.29) is 10.8 Å². The van der Waals surface area contributed by atoms with E-state index >= 15 is 0 Å². The van der Waals surface area contributed by atoms with Crippen LogP contribution in [0.3, 0.4) is 0 Å². The fraction of sp³-hybridized carbons (Fsp3) is 0.556. The van der Waals surface area contributed by atoms with Crippen LogP contribution in [0.15, 0.2) is 22.5 Å². The minimum atomic E-state index is -3.50. The number of nitrogens with zero attached hydrogens (tertiary/aromatic N) is 3. The molecule has 27 heavy (non-hydrogen) atoms. The van der Waals surface area contributed by atoms with E-state index in [0.29, 0.717) is 25.3 Å². The number of carbonyl (C=O) groups excluding carboxylic acids is 1. The molecule has 0 bridgehead atoms. The number of thiazole rings is 1. The second-order valence-corrected chi connectivity index (χ2v) is 9.76. The van der Waals surface area contributed by atoms with Gasteiger partial charge >= 0.3 is 0 Å². The maximum atomic E-state index is 12.6. The molecular formula is C18H26N4O3S2. The van der Waals surface area contributed by atoms with Gasteiger partial charge in [-0.1, -0.05) is 0 Å². The van der Waals surface area contributed by atoms with Crippen LogP contribution in [0.1, 0.15) is 46.9 Å². The van der Waals surface area contributed by atoms with Crippen LogP contribution in [-0.4, -0.2) is 47.8 Å². The van der Waals surface area contributed by atoms with Crippen LogP contribution in [0.25, 0.3) is 0 Å². The van der Waals surface area contributed by atoms with Gasteiger partial charge in [-0.05, 0) is 45.1 Å². The number of aromatic nitrogens is 2. The number of hydrogen-bond donors (Lipinski definition) is 1. The molecule has 0 spiro atoms. The Labute approximate surface area is 164 Å². The topological polar surface area (TPSA) is 84.3 Å². The Hall–Kier alpha value is -1.71. The summed E-state index contributed by atoms with van der Waals surface area (Å²) in [4.78, 5) is 17.0. The summed E-state index contributed by atoms with van der Waals surface area (Å²) in [5.41, 5.74) is 1.41. The summed E-state index contributed by atoms with van der Waals surface area (Å²) in [6, 6.07) is 1.47. The SMILES string of the molecule is Cc1csc(CCCCNC(=O)c2cc(S(=O)(=O)N3CCCC3)cn2C)n1. The first-order chi connectivity index (χ1) is 12.9. The summed E-state index contributed by atoms with van der Waals surface area (Å²) < 4.78 is 28.3. The molecule has 3 heterocycles. The number of amides is 1. The first-order valence-corrected chi connectivity index (χ1v) is 11.6. The van der Waals surface area contributed by atoms with Gasteiger partial charge in [-0.25, -0.2) is 13.4 Å². The first-order valence-electron chi connectivity index (χ1n) is 9.23. The van der Waals surface area contributed by atoms with Crippen LogP contribution >= 0.6 is 11.3 Å². The van der Waals surface area contributed by atoms with Crippen molar-refractivity contribution in [3.8, 4) is 0 Å². The lowest BCUT2D eigenvalue weighted by Gasteiger charge is -2.13. The van der Waals surface area contributed by atoms with Crippen molar-refractivity contribution in [2.24, 2.45) is 7.05 Å². The smallest absolute Gasteiger partial charge is 0.267 e. The van der Waals surface area contributed by atoms with E-state index in [0.717, 1.165) is 42.8 Å². The van der Waals surface area contributed by atoms with E-state index in [1.807, 2.05) is 12.3 Å². The molecule has 2 aromatic heterocycles. The fourth-order valence-electron chi connectivity index (χ4n) is 3.19. The van der Waals surface area contributed by atoms with E-state index in [2.05, 4.69) is 10.3 Å². The lowest BCUT2D eigenvalue weighted by atomic mass is 10.2. The summed E-state index contributed by atoms with van der Waals surface area (Å²) in [5.74, 6) is -0.245. The Morgan fingerprint density at radius 2 is 2.04 bits per heavy atom. The minimum absolute atomic E-state index is 0.191. The molecule has 0 saturated carbocycles. The number of carbonyl (C=O) groups is 1. The molecule has 1 saturated heterocycles. The molecular weight excluding hydrogens is 384 g/mol. The van der Waals surface area contributed by atoms with Crippen LogP contribution in [0.4, 0.5) is 0 Å². The van der Waals surface area contributed by atoms with Gasteiger partial charge in [0.15, 0.2) is 0 Å². The summed E-state index contributed by atoms with van der Waals surface area (Å²) in [6.07, 6.45) is 6.02. The Balaban J connectivity index is 1.52. The van der Waals surface area contributed by atoms with Crippen molar-refractivity contribution in [3.05, 3.63) is 34.0 Å². The van der Waals surface area contributed by atoms with E-state index in [1.165, 1.54) is 16.6 Å². The van der Waals surface area contributed by atoms with Gasteiger partial charge in [0.1, 0.15) is 10.6 Å². The summed E-state index contributed by atoms with van der Waals surface area (Å²) in [7, 11) is -1.81. The van der Waals surface area contributed by atoms with Crippen molar-refractivity contribution >= 4 is 27.3 Å². The lowest BCUT2D eigenvalue weighted by Crippen LogP contribution is -2.27. The van der Waals surface area contributed by atoms with Crippen LogP contribution < -0.4 is 5.32 Å². The second-order valence-electron chi connectivity index (χ2n) is 6.88. The first kappa shape index (κ1) is 20.0. The zero-order valence-electron chi connectivity index (χ0n) is 15.8. The van der Waals surface area contributed by atoms with Crippen molar-refractivity contribution in [3.63, 3.8) is 0 Å². The number of unbranched alkanes of at least 4 members (excludes halogenated alkanes) is 1. The van der Waals surface area contributed by atoms with Crippen molar-refractivity contribution in [2.75, 3.05) is 19.6 Å². The Kier molecular flexibility index (Phi) is 6.33. The highest BCUT2D eigenvalue weighted by atomic mass is 32.2. The summed E-state index contributed by atoms with van der Waals surface area (Å²) >= 11 is 1.67. The molecule has 0 radical (unpaired) electrons. The number of rotatable bonds is 8. The molecule has 2 aromatic rings. The van der Waals surface area contributed by atoms with Gasteiger partial charge < -0.3 is 9.88 Å². The van der Waals surface area contributed by atoms with Crippen molar-refractivity contribution in [1.82, 2.24) is 19.2 Å². The average Bonchev–Trinajstić information content (AvgIpc) is 3.35. The Morgan fingerprint density at radius 3 is 2.70 bits per heavy atom. The van der Waals surface area contributed by atoms with E-state index in [1.54, 1.807) is 23.0 Å². The van der Waals surface area contributed by atoms with E-state index in [4.69, 9.17) is 0 Å². The standard InChI is InChI=1S/C18H26N4O3S2/c1-14-13-26-17(20-14)7-3-4-8-19-18(23)16-11-15(12-21(16)2)27(24,25)22-9-5-6-10-22/h11-13H,3-10H2,1-2H3,(H,19,23). The normalized spacial score (nSPS) is 15.3. The van der Waals surface area contributed by atoms with E-state index in [9.17, 15) is 13.2 Å². The Bertz CT molecular complexity index is 896. The summed E-state index contributed by atoms with van der Waals surface area (Å²) in [6.45, 7) is 3.65. The maximum Gasteiger partial charge on any atom is 0.267 e. The van der Waals surface area contributed by atoms with Gasteiger partial charge in [0, 0.05) is 44.0 Å². The lowest BCUT2D eigenvalue weighted by molar-refractivity contribution is 0.0945. The second kappa shape index (κ2) is 8.53. The molecule has 1 fully saturated rings. The predicted molar refractivity (Wildman–Crippen MR) is 106 cm³/mol. The number of nitrogens with one attached hydrogen (secondary N) is 1. The molecule has 148 valence electrons. The number of sulfonamides is 1. The molecule has 9 heteroatoms. The zero-order chi connectivity index (χ0) is 19.4. The highest BCUT2D eigenvalue weighted by Crippen LogP contribution is 2.22. The molecule has 1 amide bonds. The average molecular weight is 411 g/mol. The maximum absolute atomic E-state index is 12.6. The molecule has 0 atom stereocenters. The predicted octanol–water partition coefficient (Wildman–Crippen LogP) is 2.33. The molecule has 1 N–H and O–H groups in total. The highest BCUT2D eigenvalue weighted by molar-refractivity contribution is 7.89. The highest BCUT2D eigenvalue weighted by Gasteiger charge is 2.29. The largest absolute Gasteiger partial charge is 0.351 e. The van der Waals surface area contributed by atoms with Crippen LogP contribution in [0.5, 0.6) is 0 Å². The van der Waals surface area contributed by atoms with Gasteiger partial charge in [-0.3, -0.25) is 4.79 Å². The van der Waals surface area contributed by atoms with Crippen LogP contribution in [0, 0.1) is 6.92 Å². The third kappa shape index (κ3) is 4.77.